The molecule has 0 saturated carbocycles. The molecule has 6 heteroatoms. The molecule has 0 saturated heterocycles. The highest BCUT2D eigenvalue weighted by Crippen LogP contribution is 2.29. The molecule has 6 nitrogen and oxygen atoms in total. The number of hydrogen-bond acceptors (Lipinski definition) is 4. The van der Waals surface area contributed by atoms with Crippen LogP contribution in [0.5, 0.6) is 0 Å². The van der Waals surface area contributed by atoms with Crippen molar-refractivity contribution in [2.45, 2.75) is 6.92 Å². The van der Waals surface area contributed by atoms with Crippen LogP contribution in [-0.4, -0.2) is 21.8 Å². The minimum Gasteiger partial charge on any atom is -0.308 e. The fraction of sp³-hybridized carbons (Fsp3) is 0.0476. The van der Waals surface area contributed by atoms with Crippen LogP contribution in [0.25, 0.3) is 21.8 Å². The van der Waals surface area contributed by atoms with E-state index >= 15 is 0 Å². The minimum atomic E-state index is -0.396. The van der Waals surface area contributed by atoms with E-state index in [4.69, 9.17) is 0 Å². The maximum Gasteiger partial charge on any atom is 0.323 e. The third kappa shape index (κ3) is 3.32. The molecule has 0 aliphatic heterocycles. The smallest absolute Gasteiger partial charge is 0.308 e. The van der Waals surface area contributed by atoms with Gasteiger partial charge in [-0.3, -0.25) is 14.8 Å². The lowest BCUT2D eigenvalue weighted by Gasteiger charge is -2.11. The number of pyridine rings is 2. The SMILES string of the molecule is CC(=O)c1ccc(NC(=O)Nc2cc3ncccc3c3cccnc23)cc1. The first kappa shape index (κ1) is 16.7. The number of ketones is 1. The molecule has 0 atom stereocenters. The van der Waals surface area contributed by atoms with Crippen molar-refractivity contribution in [3.63, 3.8) is 0 Å². The van der Waals surface area contributed by atoms with E-state index in [0.29, 0.717) is 22.5 Å². The molecule has 0 unspecified atom stereocenters. The van der Waals surface area contributed by atoms with Gasteiger partial charge >= 0.3 is 6.03 Å². The number of urea groups is 1. The predicted octanol–water partition coefficient (Wildman–Crippen LogP) is 4.63. The topological polar surface area (TPSA) is 84.0 Å². The van der Waals surface area contributed by atoms with Crippen LogP contribution in [0.2, 0.25) is 0 Å². The number of rotatable bonds is 3. The maximum atomic E-state index is 12.4. The number of benzene rings is 2. The summed E-state index contributed by atoms with van der Waals surface area (Å²) >= 11 is 0. The van der Waals surface area contributed by atoms with Crippen molar-refractivity contribution in [3.05, 3.63) is 72.6 Å². The van der Waals surface area contributed by atoms with E-state index in [-0.39, 0.29) is 5.78 Å². The Bertz CT molecular complexity index is 1170. The summed E-state index contributed by atoms with van der Waals surface area (Å²) in [6, 6.07) is 15.8. The number of anilines is 2. The predicted molar refractivity (Wildman–Crippen MR) is 106 cm³/mol. The molecule has 27 heavy (non-hydrogen) atoms. The maximum absolute atomic E-state index is 12.4. The number of Topliss-reactive ketones (excluding diaryl/α,β-unsaturated/α-hetero) is 1. The second-order valence-corrected chi connectivity index (χ2v) is 6.11. The summed E-state index contributed by atoms with van der Waals surface area (Å²) in [5.74, 6) is -0.0211. The standard InChI is InChI=1S/C21H16N4O2/c1-13(26)14-6-8-15(9-7-14)24-21(27)25-19-12-18-16(4-2-10-22-18)17-5-3-11-23-20(17)19/h2-12H,1H3,(H2,24,25,27). The summed E-state index contributed by atoms with van der Waals surface area (Å²) in [5.41, 5.74) is 3.24. The van der Waals surface area contributed by atoms with Crippen molar-refractivity contribution < 1.29 is 9.59 Å². The molecule has 4 aromatic rings. The summed E-state index contributed by atoms with van der Waals surface area (Å²) < 4.78 is 0. The van der Waals surface area contributed by atoms with E-state index < -0.39 is 6.03 Å². The number of carbonyl (C=O) groups excluding carboxylic acids is 2. The van der Waals surface area contributed by atoms with Crippen LogP contribution in [0, 0.1) is 0 Å². The Kier molecular flexibility index (Phi) is 4.22. The van der Waals surface area contributed by atoms with Gasteiger partial charge in [0.1, 0.15) is 0 Å². The largest absolute Gasteiger partial charge is 0.323 e. The summed E-state index contributed by atoms with van der Waals surface area (Å²) in [7, 11) is 0. The van der Waals surface area contributed by atoms with E-state index in [1.54, 1.807) is 36.7 Å². The van der Waals surface area contributed by atoms with Crippen molar-refractivity contribution in [1.82, 2.24) is 9.97 Å². The second kappa shape index (κ2) is 6.84. The van der Waals surface area contributed by atoms with E-state index in [9.17, 15) is 9.59 Å². The van der Waals surface area contributed by atoms with Crippen molar-refractivity contribution in [2.24, 2.45) is 0 Å². The third-order valence-electron chi connectivity index (χ3n) is 4.27. The molecule has 2 amide bonds. The Labute approximate surface area is 155 Å². The van der Waals surface area contributed by atoms with E-state index in [0.717, 1.165) is 16.3 Å². The fourth-order valence-electron chi connectivity index (χ4n) is 2.97. The van der Waals surface area contributed by atoms with E-state index in [1.165, 1.54) is 6.92 Å². The minimum absolute atomic E-state index is 0.0211. The van der Waals surface area contributed by atoms with Gasteiger partial charge in [0.15, 0.2) is 5.78 Å². The lowest BCUT2D eigenvalue weighted by molar-refractivity contribution is 0.101. The molecular weight excluding hydrogens is 340 g/mol. The molecule has 0 aliphatic carbocycles. The van der Waals surface area contributed by atoms with Crippen molar-refractivity contribution in [3.8, 4) is 0 Å². The Morgan fingerprint density at radius 1 is 0.852 bits per heavy atom. The zero-order valence-electron chi connectivity index (χ0n) is 14.6. The van der Waals surface area contributed by atoms with Gasteiger partial charge < -0.3 is 10.6 Å². The van der Waals surface area contributed by atoms with Gasteiger partial charge in [-0.25, -0.2) is 4.79 Å². The van der Waals surface area contributed by atoms with E-state index in [2.05, 4.69) is 20.6 Å². The summed E-state index contributed by atoms with van der Waals surface area (Å²) in [5, 5.41) is 7.50. The van der Waals surface area contributed by atoms with Gasteiger partial charge in [-0.1, -0.05) is 12.1 Å². The van der Waals surface area contributed by atoms with E-state index in [1.807, 2.05) is 30.3 Å². The molecule has 2 heterocycles. The molecule has 0 bridgehead atoms. The van der Waals surface area contributed by atoms with Crippen LogP contribution in [0.4, 0.5) is 16.2 Å². The van der Waals surface area contributed by atoms with Gasteiger partial charge in [-0.2, -0.15) is 0 Å². The Morgan fingerprint density at radius 2 is 1.56 bits per heavy atom. The molecule has 4 rings (SSSR count). The van der Waals surface area contributed by atoms with Crippen LogP contribution < -0.4 is 10.6 Å². The summed E-state index contributed by atoms with van der Waals surface area (Å²) in [4.78, 5) is 32.6. The monoisotopic (exact) mass is 356 g/mol. The number of aromatic nitrogens is 2. The van der Waals surface area contributed by atoms with Crippen molar-refractivity contribution >= 4 is 45.0 Å². The van der Waals surface area contributed by atoms with Crippen LogP contribution in [0.15, 0.2) is 67.0 Å². The number of amides is 2. The van der Waals surface area contributed by atoms with Gasteiger partial charge in [0.2, 0.25) is 0 Å². The number of nitrogens with zero attached hydrogens (tertiary/aromatic N) is 2. The fourth-order valence-corrected chi connectivity index (χ4v) is 2.97. The van der Waals surface area contributed by atoms with Crippen LogP contribution in [0.1, 0.15) is 17.3 Å². The quantitative estimate of drug-likeness (QED) is 0.414. The summed E-state index contributed by atoms with van der Waals surface area (Å²) in [6.07, 6.45) is 3.40. The van der Waals surface area contributed by atoms with Gasteiger partial charge in [0, 0.05) is 34.4 Å². The van der Waals surface area contributed by atoms with Crippen LogP contribution in [-0.2, 0) is 0 Å². The van der Waals surface area contributed by atoms with Gasteiger partial charge in [0.05, 0.1) is 16.7 Å². The average molecular weight is 356 g/mol. The molecule has 0 radical (unpaired) electrons. The molecule has 0 fully saturated rings. The first-order chi connectivity index (χ1) is 13.1. The van der Waals surface area contributed by atoms with Crippen LogP contribution >= 0.6 is 0 Å². The van der Waals surface area contributed by atoms with Gasteiger partial charge in [0.25, 0.3) is 0 Å². The average Bonchev–Trinajstić information content (AvgIpc) is 2.68. The number of carbonyl (C=O) groups is 2. The lowest BCUT2D eigenvalue weighted by Crippen LogP contribution is -2.19. The third-order valence-corrected chi connectivity index (χ3v) is 4.27. The molecule has 2 aromatic carbocycles. The first-order valence-corrected chi connectivity index (χ1v) is 8.43. The lowest BCUT2D eigenvalue weighted by atomic mass is 10.1. The molecule has 0 aliphatic rings. The molecule has 132 valence electrons. The molecule has 0 spiro atoms. The Morgan fingerprint density at radius 3 is 2.30 bits per heavy atom. The Hall–Kier alpha value is -3.80. The van der Waals surface area contributed by atoms with Gasteiger partial charge in [-0.05, 0) is 49.4 Å². The number of hydrogen-bond donors (Lipinski definition) is 2. The first-order valence-electron chi connectivity index (χ1n) is 8.43. The highest BCUT2D eigenvalue weighted by Gasteiger charge is 2.11. The molecular formula is C21H16N4O2. The highest BCUT2D eigenvalue weighted by molar-refractivity contribution is 6.13. The number of fused-ring (bicyclic) bond motifs is 3. The van der Waals surface area contributed by atoms with Crippen molar-refractivity contribution in [2.75, 3.05) is 10.6 Å². The second-order valence-electron chi connectivity index (χ2n) is 6.11. The Balaban J connectivity index is 1.64. The molecule has 2 N–H and O–H groups in total. The van der Waals surface area contributed by atoms with Gasteiger partial charge in [-0.15, -0.1) is 0 Å². The highest BCUT2D eigenvalue weighted by atomic mass is 16.2. The number of nitrogens with one attached hydrogen (secondary N) is 2. The van der Waals surface area contributed by atoms with Crippen molar-refractivity contribution in [1.29, 1.82) is 0 Å². The molecule has 2 aromatic heterocycles. The normalized spacial score (nSPS) is 10.7. The summed E-state index contributed by atoms with van der Waals surface area (Å²) in [6.45, 7) is 1.50. The zero-order valence-corrected chi connectivity index (χ0v) is 14.6. The zero-order chi connectivity index (χ0) is 18.8. The van der Waals surface area contributed by atoms with Crippen LogP contribution in [0.3, 0.4) is 0 Å².